The predicted molar refractivity (Wildman–Crippen MR) is 81.9 cm³/mol. The van der Waals surface area contributed by atoms with Crippen molar-refractivity contribution in [2.45, 2.75) is 38.5 Å². The molecule has 5 N–H and O–H groups in total. The molecule has 7 nitrogen and oxygen atoms in total. The molecule has 0 fully saturated rings. The molecule has 0 aliphatic rings. The third-order valence-corrected chi connectivity index (χ3v) is 2.83. The summed E-state index contributed by atoms with van der Waals surface area (Å²) in [5.74, 6) is -1.38. The molecule has 0 aliphatic heterocycles. The molecule has 22 heavy (non-hydrogen) atoms. The predicted octanol–water partition coefficient (Wildman–Crippen LogP) is 2.13. The number of hydrogen-bond donors (Lipinski definition) is 4. The van der Waals surface area contributed by atoms with Crippen molar-refractivity contribution in [3.8, 4) is 0 Å². The second-order valence-corrected chi connectivity index (χ2v) is 6.10. The summed E-state index contributed by atoms with van der Waals surface area (Å²) < 4.78 is 5.10. The summed E-state index contributed by atoms with van der Waals surface area (Å²) in [7, 11) is 0. The minimum absolute atomic E-state index is 0.0910. The summed E-state index contributed by atoms with van der Waals surface area (Å²) in [6.45, 7) is 5.10. The third-order valence-electron chi connectivity index (χ3n) is 2.59. The summed E-state index contributed by atoms with van der Waals surface area (Å²) in [5, 5.41) is 21.6. The molecule has 1 aromatic carbocycles. The molecular weight excluding hydrogens is 312 g/mol. The number of aliphatic hydroxyl groups excluding tert-OH is 1. The average Bonchev–Trinajstić information content (AvgIpc) is 2.36. The molecule has 0 saturated carbocycles. The molecule has 2 atom stereocenters. The van der Waals surface area contributed by atoms with Crippen molar-refractivity contribution >= 4 is 29.4 Å². The number of carbonyl (C=O) groups excluding carboxylic acids is 1. The Bertz CT molecular complexity index is 571. The maximum absolute atomic E-state index is 11.8. The Labute approximate surface area is 133 Å². The average molecular weight is 331 g/mol. The number of nitrogens with one attached hydrogen (secondary N) is 1. The first-order chi connectivity index (χ1) is 10.0. The molecule has 0 saturated heterocycles. The van der Waals surface area contributed by atoms with Gasteiger partial charge in [-0.15, -0.1) is 0 Å². The van der Waals surface area contributed by atoms with Crippen LogP contribution in [0.5, 0.6) is 0 Å². The molecule has 0 spiro atoms. The number of aliphatic hydroxyl groups is 1. The third kappa shape index (κ3) is 5.18. The smallest absolute Gasteiger partial charge is 0.412 e. The largest absolute Gasteiger partial charge is 0.480 e. The van der Waals surface area contributed by atoms with E-state index in [4.69, 9.17) is 27.2 Å². The van der Waals surface area contributed by atoms with Gasteiger partial charge in [0, 0.05) is 16.3 Å². The molecule has 1 aromatic rings. The van der Waals surface area contributed by atoms with Gasteiger partial charge in [-0.25, -0.2) is 4.79 Å². The zero-order valence-corrected chi connectivity index (χ0v) is 13.2. The van der Waals surface area contributed by atoms with Crippen LogP contribution in [0.2, 0.25) is 5.02 Å². The number of anilines is 1. The highest BCUT2D eigenvalue weighted by Gasteiger charge is 2.27. The Kier molecular flexibility index (Phi) is 5.76. The molecule has 1 amide bonds. The van der Waals surface area contributed by atoms with E-state index < -0.39 is 29.8 Å². The lowest BCUT2D eigenvalue weighted by molar-refractivity contribution is -0.141. The normalized spacial score (nSPS) is 14.1. The second-order valence-electron chi connectivity index (χ2n) is 5.67. The second kappa shape index (κ2) is 6.95. The SMILES string of the molecule is CC(C)(C)OC(=O)Nc1ccc(Cl)cc1C(O)C(N)C(=O)O. The van der Waals surface area contributed by atoms with Gasteiger partial charge in [0.2, 0.25) is 0 Å². The monoisotopic (exact) mass is 330 g/mol. The Balaban J connectivity index is 3.06. The van der Waals surface area contributed by atoms with Crippen LogP contribution in [0.3, 0.4) is 0 Å². The number of carboxylic acids is 1. The van der Waals surface area contributed by atoms with E-state index in [1.807, 2.05) is 0 Å². The molecule has 0 bridgehead atoms. The minimum Gasteiger partial charge on any atom is -0.480 e. The van der Waals surface area contributed by atoms with Crippen molar-refractivity contribution < 1.29 is 24.5 Å². The summed E-state index contributed by atoms with van der Waals surface area (Å²) in [6, 6.07) is 2.69. The van der Waals surface area contributed by atoms with Crippen molar-refractivity contribution in [3.63, 3.8) is 0 Å². The maximum atomic E-state index is 11.8. The minimum atomic E-state index is -1.56. The van der Waals surface area contributed by atoms with E-state index in [9.17, 15) is 14.7 Å². The van der Waals surface area contributed by atoms with Crippen LogP contribution >= 0.6 is 11.6 Å². The molecule has 0 aliphatic carbocycles. The van der Waals surface area contributed by atoms with Gasteiger partial charge in [0.25, 0.3) is 0 Å². The summed E-state index contributed by atoms with van der Waals surface area (Å²) in [6.07, 6.45) is -2.28. The maximum Gasteiger partial charge on any atom is 0.412 e. The van der Waals surface area contributed by atoms with E-state index in [1.165, 1.54) is 18.2 Å². The Hall–Kier alpha value is -1.83. The lowest BCUT2D eigenvalue weighted by atomic mass is 10.0. The number of carboxylic acid groups (broad SMARTS) is 1. The van der Waals surface area contributed by atoms with Crippen LogP contribution in [0, 0.1) is 0 Å². The zero-order chi connectivity index (χ0) is 17.1. The standard InChI is InChI=1S/C14H19ClN2O5/c1-14(2,3)22-13(21)17-9-5-4-7(15)6-8(9)11(18)10(16)12(19)20/h4-6,10-11,18H,16H2,1-3H3,(H,17,21)(H,19,20). The van der Waals surface area contributed by atoms with Gasteiger partial charge in [-0.3, -0.25) is 10.1 Å². The fraction of sp³-hybridized carbons (Fsp3) is 0.429. The molecule has 2 unspecified atom stereocenters. The lowest BCUT2D eigenvalue weighted by Gasteiger charge is -2.22. The van der Waals surface area contributed by atoms with Crippen LogP contribution in [0.4, 0.5) is 10.5 Å². The van der Waals surface area contributed by atoms with Crippen LogP contribution in [0.15, 0.2) is 18.2 Å². The fourth-order valence-corrected chi connectivity index (χ4v) is 1.81. The number of carbonyl (C=O) groups is 2. The lowest BCUT2D eigenvalue weighted by Crippen LogP contribution is -2.37. The van der Waals surface area contributed by atoms with Gasteiger partial charge in [-0.2, -0.15) is 0 Å². The number of ether oxygens (including phenoxy) is 1. The highest BCUT2D eigenvalue weighted by molar-refractivity contribution is 6.30. The molecule has 122 valence electrons. The van der Waals surface area contributed by atoms with Crippen LogP contribution in [-0.4, -0.2) is 33.9 Å². The van der Waals surface area contributed by atoms with E-state index >= 15 is 0 Å². The van der Waals surface area contributed by atoms with Crippen LogP contribution < -0.4 is 11.1 Å². The molecule has 0 aromatic heterocycles. The summed E-state index contributed by atoms with van der Waals surface area (Å²) >= 11 is 5.84. The first-order valence-electron chi connectivity index (χ1n) is 6.47. The fourth-order valence-electron chi connectivity index (χ4n) is 1.63. The first kappa shape index (κ1) is 18.2. The number of nitrogens with two attached hydrogens (primary N) is 1. The van der Waals surface area contributed by atoms with E-state index in [0.717, 1.165) is 0 Å². The van der Waals surface area contributed by atoms with Gasteiger partial charge in [0.05, 0.1) is 0 Å². The first-order valence-corrected chi connectivity index (χ1v) is 6.85. The van der Waals surface area contributed by atoms with Gasteiger partial charge in [0.15, 0.2) is 0 Å². The van der Waals surface area contributed by atoms with E-state index in [-0.39, 0.29) is 16.3 Å². The van der Waals surface area contributed by atoms with Crippen molar-refractivity contribution in [3.05, 3.63) is 28.8 Å². The number of benzene rings is 1. The Morgan fingerprint density at radius 2 is 1.95 bits per heavy atom. The molecule has 1 rings (SSSR count). The number of amides is 1. The van der Waals surface area contributed by atoms with Gasteiger partial charge in [-0.05, 0) is 39.0 Å². The number of aliphatic carboxylic acids is 1. The van der Waals surface area contributed by atoms with Gasteiger partial charge in [-0.1, -0.05) is 11.6 Å². The highest BCUT2D eigenvalue weighted by Crippen LogP contribution is 2.28. The summed E-state index contributed by atoms with van der Waals surface area (Å²) in [5.41, 5.74) is 4.97. The number of hydrogen-bond acceptors (Lipinski definition) is 5. The van der Waals surface area contributed by atoms with Crippen LogP contribution in [0.25, 0.3) is 0 Å². The van der Waals surface area contributed by atoms with Gasteiger partial charge in [0.1, 0.15) is 17.7 Å². The van der Waals surface area contributed by atoms with E-state index in [2.05, 4.69) is 5.32 Å². The molecule has 0 heterocycles. The topological polar surface area (TPSA) is 122 Å². The van der Waals surface area contributed by atoms with Crippen molar-refractivity contribution in [2.24, 2.45) is 5.73 Å². The van der Waals surface area contributed by atoms with Crippen molar-refractivity contribution in [1.82, 2.24) is 0 Å². The Morgan fingerprint density at radius 3 is 2.45 bits per heavy atom. The van der Waals surface area contributed by atoms with Crippen LogP contribution in [-0.2, 0) is 9.53 Å². The summed E-state index contributed by atoms with van der Waals surface area (Å²) in [4.78, 5) is 22.7. The molecule has 8 heteroatoms. The molecule has 0 radical (unpaired) electrons. The number of halogens is 1. The van der Waals surface area contributed by atoms with Gasteiger partial charge < -0.3 is 20.7 Å². The van der Waals surface area contributed by atoms with Gasteiger partial charge >= 0.3 is 12.1 Å². The van der Waals surface area contributed by atoms with E-state index in [1.54, 1.807) is 20.8 Å². The Morgan fingerprint density at radius 1 is 1.36 bits per heavy atom. The van der Waals surface area contributed by atoms with E-state index in [0.29, 0.717) is 0 Å². The van der Waals surface area contributed by atoms with Crippen LogP contribution in [0.1, 0.15) is 32.4 Å². The highest BCUT2D eigenvalue weighted by atomic mass is 35.5. The number of rotatable bonds is 4. The van der Waals surface area contributed by atoms with Crippen molar-refractivity contribution in [1.29, 1.82) is 0 Å². The zero-order valence-electron chi connectivity index (χ0n) is 12.5. The van der Waals surface area contributed by atoms with Crippen molar-refractivity contribution in [2.75, 3.05) is 5.32 Å². The quantitative estimate of drug-likeness (QED) is 0.671. The molecular formula is C14H19ClN2O5.